The van der Waals surface area contributed by atoms with Gasteiger partial charge in [-0.2, -0.15) is 0 Å². The number of carbonyl (C=O) groups is 7. The van der Waals surface area contributed by atoms with Gasteiger partial charge in [0.2, 0.25) is 29.5 Å². The van der Waals surface area contributed by atoms with Crippen LogP contribution in [0.25, 0.3) is 10.9 Å². The lowest BCUT2D eigenvalue weighted by Gasteiger charge is -2.27. The first-order valence-electron chi connectivity index (χ1n) is 27.7. The molecule has 1 fully saturated rings. The van der Waals surface area contributed by atoms with Gasteiger partial charge in [0.15, 0.2) is 0 Å². The molecule has 4 aromatic rings. The van der Waals surface area contributed by atoms with Crippen LogP contribution in [-0.2, 0) is 57.6 Å². The molecule has 5 amide bonds. The monoisotopic (exact) mass is 1030 g/mol. The first kappa shape index (κ1) is 59.4. The van der Waals surface area contributed by atoms with E-state index in [2.05, 4.69) is 38.5 Å². The molecule has 408 valence electrons. The number of hydrogen-bond acceptors (Lipinski definition) is 9. The Morgan fingerprint density at radius 3 is 1.68 bits per heavy atom. The van der Waals surface area contributed by atoms with Gasteiger partial charge in [0, 0.05) is 43.3 Å². The van der Waals surface area contributed by atoms with Crippen molar-refractivity contribution in [1.29, 1.82) is 0 Å². The van der Waals surface area contributed by atoms with Gasteiger partial charge in [-0.15, -0.1) is 0 Å². The first-order chi connectivity index (χ1) is 36.1. The standard InChI is InChI=1S/C60H84N6O9/c1-7-8-9-10-11-12-13-14-15-16-17-18-20-25-41(4)54-38-55(68)63-53(37-46-39-61-49-29-24-23-28-48(46)49)59(72)66-52(36-45-30-32-47(33-31-45)74-43(6)67)58(71)65-51(35-44-26-21-19-22-27-44)57(70)64-50(34-40(2)3)56(69)62-42(5)60(73)75-54/h19,21-24,26-33,39-42,50-54,61H,7-18,20,25,34-38H2,1-6H3,(H,62,69)(H,63,68)(H,64,70)(H,65,71)(H,66,72). The molecule has 7 atom stereocenters. The summed E-state index contributed by atoms with van der Waals surface area (Å²) in [5.41, 5.74) is 2.89. The lowest BCUT2D eigenvalue weighted by molar-refractivity contribution is -0.157. The van der Waals surface area contributed by atoms with Crippen molar-refractivity contribution in [3.05, 3.63) is 102 Å². The minimum atomic E-state index is -1.29. The fourth-order valence-electron chi connectivity index (χ4n) is 9.70. The molecule has 7 unspecified atom stereocenters. The molecule has 1 aromatic heterocycles. The zero-order valence-corrected chi connectivity index (χ0v) is 45.3. The summed E-state index contributed by atoms with van der Waals surface area (Å²) in [7, 11) is 0. The van der Waals surface area contributed by atoms with E-state index in [1.807, 2.05) is 75.4 Å². The van der Waals surface area contributed by atoms with Crippen LogP contribution in [0.5, 0.6) is 5.75 Å². The number of carbonyl (C=O) groups excluding carboxylic acids is 7. The Morgan fingerprint density at radius 1 is 0.600 bits per heavy atom. The van der Waals surface area contributed by atoms with Crippen LogP contribution in [-0.4, -0.2) is 82.8 Å². The van der Waals surface area contributed by atoms with Gasteiger partial charge in [0.25, 0.3) is 0 Å². The Kier molecular flexibility index (Phi) is 24.8. The van der Waals surface area contributed by atoms with Crippen LogP contribution in [0.3, 0.4) is 0 Å². The molecule has 75 heavy (non-hydrogen) atoms. The Morgan fingerprint density at radius 2 is 1.11 bits per heavy atom. The highest BCUT2D eigenvalue weighted by molar-refractivity contribution is 5.97. The maximum absolute atomic E-state index is 14.9. The number of aromatic nitrogens is 1. The fraction of sp³-hybridized carbons (Fsp3) is 0.550. The van der Waals surface area contributed by atoms with Crippen molar-refractivity contribution in [3.63, 3.8) is 0 Å². The molecule has 0 radical (unpaired) electrons. The Balaban J connectivity index is 1.45. The molecule has 1 aliphatic heterocycles. The summed E-state index contributed by atoms with van der Waals surface area (Å²) in [6, 6.07) is 17.2. The summed E-state index contributed by atoms with van der Waals surface area (Å²) in [4.78, 5) is 102. The average Bonchev–Trinajstić information content (AvgIpc) is 3.79. The van der Waals surface area contributed by atoms with Gasteiger partial charge in [0.05, 0.1) is 6.42 Å². The lowest BCUT2D eigenvalue weighted by atomic mass is 9.94. The van der Waals surface area contributed by atoms with Crippen molar-refractivity contribution < 1.29 is 43.0 Å². The summed E-state index contributed by atoms with van der Waals surface area (Å²) in [6.07, 6.45) is 17.2. The minimum Gasteiger partial charge on any atom is -0.460 e. The van der Waals surface area contributed by atoms with Gasteiger partial charge in [-0.3, -0.25) is 28.8 Å². The van der Waals surface area contributed by atoms with E-state index in [4.69, 9.17) is 9.47 Å². The molecule has 2 heterocycles. The zero-order valence-electron chi connectivity index (χ0n) is 45.3. The molecule has 15 heteroatoms. The zero-order chi connectivity index (χ0) is 54.1. The highest BCUT2D eigenvalue weighted by atomic mass is 16.5. The number of fused-ring (bicyclic) bond motifs is 1. The molecular weight excluding hydrogens is 949 g/mol. The number of benzene rings is 3. The third kappa shape index (κ3) is 20.6. The van der Waals surface area contributed by atoms with E-state index < -0.39 is 77.8 Å². The lowest BCUT2D eigenvalue weighted by Crippen LogP contribution is -2.59. The average molecular weight is 1030 g/mol. The van der Waals surface area contributed by atoms with E-state index in [-0.39, 0.29) is 43.9 Å². The van der Waals surface area contributed by atoms with Crippen LogP contribution in [0, 0.1) is 11.8 Å². The van der Waals surface area contributed by atoms with Crippen molar-refractivity contribution in [3.8, 4) is 5.75 Å². The predicted octanol–water partition coefficient (Wildman–Crippen LogP) is 9.04. The second-order valence-corrected chi connectivity index (χ2v) is 21.0. The molecule has 1 aliphatic rings. The van der Waals surface area contributed by atoms with Crippen LogP contribution < -0.4 is 31.3 Å². The van der Waals surface area contributed by atoms with Gasteiger partial charge in [-0.1, -0.05) is 172 Å². The summed E-state index contributed by atoms with van der Waals surface area (Å²) in [5, 5.41) is 15.2. The van der Waals surface area contributed by atoms with Crippen molar-refractivity contribution >= 4 is 52.4 Å². The van der Waals surface area contributed by atoms with Crippen LogP contribution in [0.1, 0.15) is 161 Å². The SMILES string of the molecule is CCCCCCCCCCCCCCCC(C)C1CC(=O)NC(Cc2c[nH]c3ccccc23)C(=O)NC(Cc2ccc(OC(C)=O)cc2)C(=O)NC(Cc2ccccc2)C(=O)NC(CC(C)C)C(=O)NC(C)C(=O)O1. The maximum atomic E-state index is 14.9. The second-order valence-electron chi connectivity index (χ2n) is 21.0. The Hall–Kier alpha value is -6.51. The molecule has 5 rings (SSSR count). The number of rotatable bonds is 24. The van der Waals surface area contributed by atoms with E-state index in [1.54, 1.807) is 30.5 Å². The molecule has 0 saturated carbocycles. The number of unbranched alkanes of at least 4 members (excludes halogenated alkanes) is 12. The third-order valence-electron chi connectivity index (χ3n) is 14.0. The molecule has 3 aromatic carbocycles. The third-order valence-corrected chi connectivity index (χ3v) is 14.0. The number of nitrogens with one attached hydrogen (secondary N) is 6. The number of hydrogen-bond donors (Lipinski definition) is 6. The largest absolute Gasteiger partial charge is 0.460 e. The van der Waals surface area contributed by atoms with Gasteiger partial charge in [-0.25, -0.2) is 4.79 Å². The number of ether oxygens (including phenoxy) is 2. The quantitative estimate of drug-likeness (QED) is 0.0224. The summed E-state index contributed by atoms with van der Waals surface area (Å²) >= 11 is 0. The Bertz CT molecular complexity index is 2440. The number of para-hydroxylation sites is 1. The minimum absolute atomic E-state index is 0.0331. The van der Waals surface area contributed by atoms with Crippen molar-refractivity contribution in [2.24, 2.45) is 11.8 Å². The first-order valence-corrected chi connectivity index (χ1v) is 27.7. The van der Waals surface area contributed by atoms with E-state index >= 15 is 0 Å². The molecule has 6 N–H and O–H groups in total. The molecule has 15 nitrogen and oxygen atoms in total. The van der Waals surface area contributed by atoms with E-state index in [9.17, 15) is 33.6 Å². The van der Waals surface area contributed by atoms with Crippen LogP contribution >= 0.6 is 0 Å². The van der Waals surface area contributed by atoms with Gasteiger partial charge < -0.3 is 41.0 Å². The van der Waals surface area contributed by atoms with Crippen LogP contribution in [0.4, 0.5) is 0 Å². The predicted molar refractivity (Wildman–Crippen MR) is 292 cm³/mol. The van der Waals surface area contributed by atoms with Gasteiger partial charge >= 0.3 is 11.9 Å². The Labute approximate surface area is 444 Å². The summed E-state index contributed by atoms with van der Waals surface area (Å²) < 4.78 is 11.4. The van der Waals surface area contributed by atoms with Crippen molar-refractivity contribution in [2.45, 2.75) is 200 Å². The normalized spacial score (nSPS) is 20.9. The highest BCUT2D eigenvalue weighted by Gasteiger charge is 2.35. The van der Waals surface area contributed by atoms with Crippen molar-refractivity contribution in [2.75, 3.05) is 0 Å². The fourth-order valence-corrected chi connectivity index (χ4v) is 9.70. The summed E-state index contributed by atoms with van der Waals surface area (Å²) in [5.74, 6) is -4.45. The maximum Gasteiger partial charge on any atom is 0.328 e. The van der Waals surface area contributed by atoms with Crippen molar-refractivity contribution in [1.82, 2.24) is 31.6 Å². The number of cyclic esters (lactones) is 1. The molecule has 0 spiro atoms. The number of aromatic amines is 1. The summed E-state index contributed by atoms with van der Waals surface area (Å²) in [6.45, 7) is 10.8. The van der Waals surface area contributed by atoms with E-state index in [0.717, 1.165) is 47.7 Å². The van der Waals surface area contributed by atoms with E-state index in [0.29, 0.717) is 17.7 Å². The number of esters is 2. The van der Waals surface area contributed by atoms with Crippen LogP contribution in [0.2, 0.25) is 0 Å². The highest BCUT2D eigenvalue weighted by Crippen LogP contribution is 2.24. The molecule has 1 saturated heterocycles. The van der Waals surface area contributed by atoms with E-state index in [1.165, 1.54) is 71.6 Å². The smallest absolute Gasteiger partial charge is 0.328 e. The molecule has 0 aliphatic carbocycles. The van der Waals surface area contributed by atoms with Gasteiger partial charge in [0.1, 0.15) is 42.1 Å². The number of amides is 5. The number of H-pyrrole nitrogens is 1. The topological polar surface area (TPSA) is 214 Å². The molecule has 0 bridgehead atoms. The van der Waals surface area contributed by atoms with Gasteiger partial charge in [-0.05, 0) is 66.5 Å². The second kappa shape index (κ2) is 31.4. The van der Waals surface area contributed by atoms with Crippen LogP contribution in [0.15, 0.2) is 85.1 Å². The molecular formula is C60H84N6O9.